The maximum Gasteiger partial charge on any atom is 0.337 e. The number of hydrogen-bond donors (Lipinski definition) is 1. The Kier molecular flexibility index (Phi) is 5.59. The second-order valence-corrected chi connectivity index (χ2v) is 6.67. The van der Waals surface area contributed by atoms with E-state index in [9.17, 15) is 14.9 Å². The van der Waals surface area contributed by atoms with Crippen LogP contribution in [0.3, 0.4) is 0 Å². The van der Waals surface area contributed by atoms with Gasteiger partial charge in [0.25, 0.3) is 0 Å². The minimum atomic E-state index is -0.462. The summed E-state index contributed by atoms with van der Waals surface area (Å²) in [5.41, 5.74) is 9.59. The smallest absolute Gasteiger partial charge is 0.337 e. The molecule has 0 spiro atoms. The van der Waals surface area contributed by atoms with Crippen molar-refractivity contribution < 1.29 is 14.3 Å². The topological polar surface area (TPSA) is 109 Å². The fourth-order valence-corrected chi connectivity index (χ4v) is 3.52. The van der Waals surface area contributed by atoms with E-state index in [1.165, 1.54) is 7.11 Å². The van der Waals surface area contributed by atoms with Gasteiger partial charge in [-0.1, -0.05) is 19.1 Å². The summed E-state index contributed by atoms with van der Waals surface area (Å²) < 4.78 is 4.80. The highest BCUT2D eigenvalue weighted by Crippen LogP contribution is 2.35. The van der Waals surface area contributed by atoms with Crippen molar-refractivity contribution >= 4 is 17.7 Å². The van der Waals surface area contributed by atoms with Gasteiger partial charge in [0.15, 0.2) is 0 Å². The molecule has 0 radical (unpaired) electrons. The van der Waals surface area contributed by atoms with Gasteiger partial charge in [-0.05, 0) is 24.1 Å². The highest BCUT2D eigenvalue weighted by atomic mass is 16.5. The second kappa shape index (κ2) is 8.09. The van der Waals surface area contributed by atoms with Gasteiger partial charge in [0.1, 0.15) is 17.5 Å². The molecule has 144 valence electrons. The Hall–Kier alpha value is -3.40. The zero-order chi connectivity index (χ0) is 20.3. The normalized spacial score (nSPS) is 12.8. The number of ether oxygens (including phenoxy) is 1. The third-order valence-corrected chi connectivity index (χ3v) is 4.88. The molecule has 0 saturated carbocycles. The molecular formula is C21H22N4O3. The molecule has 28 heavy (non-hydrogen) atoms. The second-order valence-electron chi connectivity index (χ2n) is 6.67. The van der Waals surface area contributed by atoms with Crippen LogP contribution in [0.15, 0.2) is 24.3 Å². The van der Waals surface area contributed by atoms with E-state index in [1.807, 2.05) is 13.0 Å². The molecule has 2 aromatic rings. The summed E-state index contributed by atoms with van der Waals surface area (Å²) in [5, 5.41) is 9.70. The number of nitrogens with zero attached hydrogens (tertiary/aromatic N) is 3. The van der Waals surface area contributed by atoms with Crippen molar-refractivity contribution in [2.24, 2.45) is 0 Å². The molecule has 0 atom stereocenters. The van der Waals surface area contributed by atoms with E-state index in [2.05, 4.69) is 11.1 Å². The van der Waals surface area contributed by atoms with Crippen molar-refractivity contribution in [3.05, 3.63) is 46.6 Å². The maximum atomic E-state index is 12.4. The first-order valence-electron chi connectivity index (χ1n) is 9.18. The third-order valence-electron chi connectivity index (χ3n) is 4.88. The largest absolute Gasteiger partial charge is 0.465 e. The number of carbonyl (C=O) groups excluding carboxylic acids is 2. The standard InChI is InChI=1S/C21H22N4O3/c1-3-5-18(26)25-9-8-17-16(12-25)19(15(11-22)20(23)24-17)13-6-4-7-14(10-13)21(27)28-2/h4,6-7,10H,3,5,8-9,12H2,1-2H3,(H2,23,24). The van der Waals surface area contributed by atoms with Gasteiger partial charge in [-0.3, -0.25) is 4.79 Å². The Morgan fingerprint density at radius 1 is 1.39 bits per heavy atom. The number of hydrogen-bond acceptors (Lipinski definition) is 6. The molecule has 0 unspecified atom stereocenters. The predicted octanol–water partition coefficient (Wildman–Crippen LogP) is 2.67. The lowest BCUT2D eigenvalue weighted by molar-refractivity contribution is -0.132. The minimum absolute atomic E-state index is 0.0812. The van der Waals surface area contributed by atoms with Gasteiger partial charge in [-0.2, -0.15) is 5.26 Å². The fourth-order valence-electron chi connectivity index (χ4n) is 3.52. The minimum Gasteiger partial charge on any atom is -0.465 e. The Labute approximate surface area is 163 Å². The van der Waals surface area contributed by atoms with Crippen molar-refractivity contribution in [3.63, 3.8) is 0 Å². The van der Waals surface area contributed by atoms with Crippen LogP contribution in [0.4, 0.5) is 5.82 Å². The zero-order valence-electron chi connectivity index (χ0n) is 16.0. The number of benzene rings is 1. The van der Waals surface area contributed by atoms with Crippen LogP contribution in [-0.2, 0) is 22.5 Å². The third kappa shape index (κ3) is 3.54. The molecule has 7 nitrogen and oxygen atoms in total. The first-order valence-corrected chi connectivity index (χ1v) is 9.18. The summed E-state index contributed by atoms with van der Waals surface area (Å²) in [6.45, 7) is 2.91. The van der Waals surface area contributed by atoms with Crippen LogP contribution in [0.2, 0.25) is 0 Å². The molecule has 0 bridgehead atoms. The molecule has 7 heteroatoms. The molecule has 0 fully saturated rings. The number of aromatic nitrogens is 1. The highest BCUT2D eigenvalue weighted by Gasteiger charge is 2.27. The molecule has 1 aromatic heterocycles. The van der Waals surface area contributed by atoms with Crippen LogP contribution in [-0.4, -0.2) is 35.4 Å². The number of esters is 1. The number of fused-ring (bicyclic) bond motifs is 1. The highest BCUT2D eigenvalue weighted by molar-refractivity contribution is 5.92. The number of nitrogen functional groups attached to an aromatic ring is 1. The van der Waals surface area contributed by atoms with Gasteiger partial charge in [-0.15, -0.1) is 0 Å². The Bertz CT molecular complexity index is 978. The lowest BCUT2D eigenvalue weighted by Crippen LogP contribution is -2.36. The Morgan fingerprint density at radius 3 is 2.86 bits per heavy atom. The Balaban J connectivity index is 2.16. The lowest BCUT2D eigenvalue weighted by atomic mass is 9.90. The molecule has 0 saturated heterocycles. The van der Waals surface area contributed by atoms with E-state index in [1.54, 1.807) is 23.1 Å². The average Bonchev–Trinajstić information content (AvgIpc) is 2.72. The molecule has 1 amide bonds. The van der Waals surface area contributed by atoms with Crippen molar-refractivity contribution in [3.8, 4) is 17.2 Å². The number of amides is 1. The van der Waals surface area contributed by atoms with Crippen LogP contribution < -0.4 is 5.73 Å². The van der Waals surface area contributed by atoms with Gasteiger partial charge in [-0.25, -0.2) is 9.78 Å². The van der Waals surface area contributed by atoms with Crippen molar-refractivity contribution in [2.45, 2.75) is 32.7 Å². The Morgan fingerprint density at radius 2 is 2.18 bits per heavy atom. The van der Waals surface area contributed by atoms with Crippen LogP contribution in [0.25, 0.3) is 11.1 Å². The predicted molar refractivity (Wildman–Crippen MR) is 104 cm³/mol. The monoisotopic (exact) mass is 378 g/mol. The lowest BCUT2D eigenvalue weighted by Gasteiger charge is -2.30. The number of pyridine rings is 1. The van der Waals surface area contributed by atoms with E-state index in [0.29, 0.717) is 42.6 Å². The maximum absolute atomic E-state index is 12.4. The van der Waals surface area contributed by atoms with Gasteiger partial charge in [0, 0.05) is 37.1 Å². The molecule has 1 aliphatic heterocycles. The van der Waals surface area contributed by atoms with Crippen LogP contribution in [0.1, 0.15) is 46.9 Å². The molecule has 1 aliphatic rings. The van der Waals surface area contributed by atoms with Gasteiger partial charge in [0.05, 0.1) is 18.4 Å². The van der Waals surface area contributed by atoms with Crippen molar-refractivity contribution in [1.82, 2.24) is 9.88 Å². The average molecular weight is 378 g/mol. The summed E-state index contributed by atoms with van der Waals surface area (Å²) in [5.74, 6) is -0.221. The van der Waals surface area contributed by atoms with Crippen LogP contribution >= 0.6 is 0 Å². The molecule has 1 aromatic carbocycles. The molecule has 0 aliphatic carbocycles. The van der Waals surface area contributed by atoms with Gasteiger partial charge < -0.3 is 15.4 Å². The van der Waals surface area contributed by atoms with Crippen molar-refractivity contribution in [1.29, 1.82) is 5.26 Å². The molecular weight excluding hydrogens is 356 g/mol. The number of rotatable bonds is 4. The summed E-state index contributed by atoms with van der Waals surface area (Å²) in [6.07, 6.45) is 1.83. The van der Waals surface area contributed by atoms with Crippen LogP contribution in [0.5, 0.6) is 0 Å². The quantitative estimate of drug-likeness (QED) is 0.819. The van der Waals surface area contributed by atoms with E-state index in [-0.39, 0.29) is 17.3 Å². The number of carbonyl (C=O) groups is 2. The summed E-state index contributed by atoms with van der Waals surface area (Å²) in [6, 6.07) is 9.01. The van der Waals surface area contributed by atoms with E-state index >= 15 is 0 Å². The van der Waals surface area contributed by atoms with Crippen LogP contribution in [0, 0.1) is 11.3 Å². The summed E-state index contributed by atoms with van der Waals surface area (Å²) >= 11 is 0. The van der Waals surface area contributed by atoms with E-state index < -0.39 is 5.97 Å². The SMILES string of the molecule is CCCC(=O)N1CCc2nc(N)c(C#N)c(-c3cccc(C(=O)OC)c3)c2C1. The number of nitrogens with two attached hydrogens (primary N) is 1. The van der Waals surface area contributed by atoms with E-state index in [0.717, 1.165) is 17.7 Å². The van der Waals surface area contributed by atoms with Gasteiger partial charge in [0.2, 0.25) is 5.91 Å². The number of anilines is 1. The fraction of sp³-hybridized carbons (Fsp3) is 0.333. The molecule has 2 heterocycles. The van der Waals surface area contributed by atoms with Gasteiger partial charge >= 0.3 is 5.97 Å². The summed E-state index contributed by atoms with van der Waals surface area (Å²) in [4.78, 5) is 30.6. The van der Waals surface area contributed by atoms with Crippen molar-refractivity contribution in [2.75, 3.05) is 19.4 Å². The zero-order valence-corrected chi connectivity index (χ0v) is 16.0. The first kappa shape index (κ1) is 19.4. The molecule has 2 N–H and O–H groups in total. The number of methoxy groups -OCH3 is 1. The molecule has 3 rings (SSSR count). The van der Waals surface area contributed by atoms with E-state index in [4.69, 9.17) is 10.5 Å². The number of nitriles is 1. The summed E-state index contributed by atoms with van der Waals surface area (Å²) in [7, 11) is 1.32. The first-order chi connectivity index (χ1) is 13.5.